The summed E-state index contributed by atoms with van der Waals surface area (Å²) in [6.45, 7) is 0. The minimum absolute atomic E-state index is 0.0440. The fourth-order valence-electron chi connectivity index (χ4n) is 1.81. The molecule has 2 aliphatic carbocycles. The lowest BCUT2D eigenvalue weighted by Gasteiger charge is -2.40. The van der Waals surface area contributed by atoms with Crippen LogP contribution in [-0.4, -0.2) is 10.2 Å². The second-order valence-corrected chi connectivity index (χ2v) is 3.56. The molecule has 60 valence electrons. The van der Waals surface area contributed by atoms with Crippen LogP contribution in [-0.2, 0) is 0 Å². The van der Waals surface area contributed by atoms with Crippen molar-refractivity contribution < 1.29 is 10.2 Å². The van der Waals surface area contributed by atoms with Crippen LogP contribution in [0.15, 0.2) is 23.7 Å². The lowest BCUT2D eigenvalue weighted by molar-refractivity contribution is 0.161. The van der Waals surface area contributed by atoms with Crippen molar-refractivity contribution >= 4 is 0 Å². The molecule has 0 aliphatic heterocycles. The van der Waals surface area contributed by atoms with Crippen LogP contribution in [0.25, 0.3) is 0 Å². The van der Waals surface area contributed by atoms with Gasteiger partial charge in [-0.05, 0) is 24.3 Å². The molecule has 11 heavy (non-hydrogen) atoms. The fourth-order valence-corrected chi connectivity index (χ4v) is 1.81. The molecule has 0 heterocycles. The first-order valence-corrected chi connectivity index (χ1v) is 4.02. The predicted octanol–water partition coefficient (Wildman–Crippen LogP) is 2.44. The Labute approximate surface area is 65.9 Å². The SMILES string of the molecule is OC1=C(O)CC2(C=C1)CCC2. The van der Waals surface area contributed by atoms with Crippen LogP contribution in [0.4, 0.5) is 0 Å². The lowest BCUT2D eigenvalue weighted by atomic mass is 9.65. The highest BCUT2D eigenvalue weighted by Crippen LogP contribution is 2.48. The van der Waals surface area contributed by atoms with Crippen LogP contribution in [0.1, 0.15) is 25.7 Å². The molecule has 2 aliphatic rings. The van der Waals surface area contributed by atoms with Gasteiger partial charge in [0.05, 0.1) is 0 Å². The second-order valence-electron chi connectivity index (χ2n) is 3.56. The predicted molar refractivity (Wildman–Crippen MR) is 42.3 cm³/mol. The Morgan fingerprint density at radius 3 is 2.45 bits per heavy atom. The van der Waals surface area contributed by atoms with E-state index in [1.54, 1.807) is 6.08 Å². The highest BCUT2D eigenvalue weighted by Gasteiger charge is 2.37. The molecule has 1 spiro atoms. The first kappa shape index (κ1) is 6.77. The van der Waals surface area contributed by atoms with Crippen molar-refractivity contribution in [3.63, 3.8) is 0 Å². The third kappa shape index (κ3) is 0.934. The highest BCUT2D eigenvalue weighted by atomic mass is 16.3. The van der Waals surface area contributed by atoms with Crippen molar-refractivity contribution in [1.29, 1.82) is 0 Å². The van der Waals surface area contributed by atoms with Crippen LogP contribution >= 0.6 is 0 Å². The minimum Gasteiger partial charge on any atom is -0.508 e. The maximum atomic E-state index is 9.26. The largest absolute Gasteiger partial charge is 0.508 e. The van der Waals surface area contributed by atoms with Crippen LogP contribution in [0.5, 0.6) is 0 Å². The molecule has 1 saturated carbocycles. The summed E-state index contributed by atoms with van der Waals surface area (Å²) >= 11 is 0. The van der Waals surface area contributed by atoms with E-state index in [4.69, 9.17) is 5.11 Å². The Hall–Kier alpha value is -0.920. The summed E-state index contributed by atoms with van der Waals surface area (Å²) in [5.41, 5.74) is 0.205. The van der Waals surface area contributed by atoms with E-state index in [2.05, 4.69) is 0 Å². The third-order valence-electron chi connectivity index (χ3n) is 2.76. The van der Waals surface area contributed by atoms with Crippen molar-refractivity contribution in [3.05, 3.63) is 23.7 Å². The molecule has 1 fully saturated rings. The maximum absolute atomic E-state index is 9.26. The molecule has 0 radical (unpaired) electrons. The molecular weight excluding hydrogens is 140 g/mol. The van der Waals surface area contributed by atoms with Crippen LogP contribution in [0.3, 0.4) is 0 Å². The number of rotatable bonds is 0. The van der Waals surface area contributed by atoms with E-state index in [9.17, 15) is 5.11 Å². The number of allylic oxidation sites excluding steroid dienone is 3. The first-order valence-electron chi connectivity index (χ1n) is 4.02. The molecule has 0 aromatic rings. The van der Waals surface area contributed by atoms with Gasteiger partial charge >= 0.3 is 0 Å². The Kier molecular flexibility index (Phi) is 1.25. The standard InChI is InChI=1S/C9H12O2/c10-7-2-5-9(3-1-4-9)6-8(7)11/h2,5,10-11H,1,3-4,6H2. The fraction of sp³-hybridized carbons (Fsp3) is 0.556. The quantitative estimate of drug-likeness (QED) is 0.559. The number of aliphatic hydroxyl groups excluding tert-OH is 2. The normalized spacial score (nSPS) is 27.3. The van der Waals surface area contributed by atoms with E-state index in [1.807, 2.05) is 6.08 Å². The zero-order valence-corrected chi connectivity index (χ0v) is 6.38. The van der Waals surface area contributed by atoms with Crippen LogP contribution in [0, 0.1) is 5.41 Å². The molecule has 0 aromatic heterocycles. The summed E-state index contributed by atoms with van der Waals surface area (Å²) in [7, 11) is 0. The molecule has 0 bridgehead atoms. The summed E-state index contributed by atoms with van der Waals surface area (Å²) in [5, 5.41) is 18.3. The number of aliphatic hydroxyl groups is 2. The second kappa shape index (κ2) is 2.03. The van der Waals surface area contributed by atoms with Gasteiger partial charge in [-0.15, -0.1) is 0 Å². The Morgan fingerprint density at radius 1 is 1.27 bits per heavy atom. The first-order chi connectivity index (χ1) is 5.22. The van der Waals surface area contributed by atoms with Gasteiger partial charge in [0.15, 0.2) is 5.76 Å². The van der Waals surface area contributed by atoms with Crippen LogP contribution < -0.4 is 0 Å². The monoisotopic (exact) mass is 152 g/mol. The molecular formula is C9H12O2. The van der Waals surface area contributed by atoms with Crippen LogP contribution in [0.2, 0.25) is 0 Å². The smallest absolute Gasteiger partial charge is 0.152 e. The van der Waals surface area contributed by atoms with Gasteiger partial charge in [0.1, 0.15) is 5.76 Å². The zero-order valence-electron chi connectivity index (χ0n) is 6.38. The Balaban J connectivity index is 2.20. The van der Waals surface area contributed by atoms with Gasteiger partial charge < -0.3 is 10.2 Å². The lowest BCUT2D eigenvalue weighted by Crippen LogP contribution is -2.29. The van der Waals surface area contributed by atoms with E-state index in [-0.39, 0.29) is 16.9 Å². The number of hydrogen-bond donors (Lipinski definition) is 2. The van der Waals surface area contributed by atoms with E-state index in [0.29, 0.717) is 6.42 Å². The molecule has 0 unspecified atom stereocenters. The molecule has 0 atom stereocenters. The van der Waals surface area contributed by atoms with Gasteiger partial charge in [-0.3, -0.25) is 0 Å². The third-order valence-corrected chi connectivity index (χ3v) is 2.76. The minimum atomic E-state index is 0.0440. The van der Waals surface area contributed by atoms with Gasteiger partial charge in [-0.2, -0.15) is 0 Å². The maximum Gasteiger partial charge on any atom is 0.152 e. The van der Waals surface area contributed by atoms with E-state index >= 15 is 0 Å². The van der Waals surface area contributed by atoms with Gasteiger partial charge in [0.25, 0.3) is 0 Å². The van der Waals surface area contributed by atoms with Gasteiger partial charge in [0, 0.05) is 6.42 Å². The van der Waals surface area contributed by atoms with E-state index in [1.165, 1.54) is 6.42 Å². The van der Waals surface area contributed by atoms with Crippen molar-refractivity contribution in [2.45, 2.75) is 25.7 Å². The Morgan fingerprint density at radius 2 is 2.00 bits per heavy atom. The van der Waals surface area contributed by atoms with Gasteiger partial charge in [-0.1, -0.05) is 12.5 Å². The summed E-state index contributed by atoms with van der Waals surface area (Å²) in [6.07, 6.45) is 7.85. The van der Waals surface area contributed by atoms with Crippen molar-refractivity contribution in [2.75, 3.05) is 0 Å². The average Bonchev–Trinajstić information content (AvgIpc) is 1.92. The molecule has 0 saturated heterocycles. The molecule has 0 amide bonds. The van der Waals surface area contributed by atoms with Gasteiger partial charge in [0.2, 0.25) is 0 Å². The summed E-state index contributed by atoms with van der Waals surface area (Å²) in [5.74, 6) is 0.203. The summed E-state index contributed by atoms with van der Waals surface area (Å²) in [6, 6.07) is 0. The summed E-state index contributed by atoms with van der Waals surface area (Å²) in [4.78, 5) is 0. The number of hydrogen-bond acceptors (Lipinski definition) is 2. The van der Waals surface area contributed by atoms with Crippen molar-refractivity contribution in [1.82, 2.24) is 0 Å². The van der Waals surface area contributed by atoms with Crippen molar-refractivity contribution in [3.8, 4) is 0 Å². The van der Waals surface area contributed by atoms with Gasteiger partial charge in [-0.25, -0.2) is 0 Å². The molecule has 2 rings (SSSR count). The van der Waals surface area contributed by atoms with E-state index < -0.39 is 0 Å². The van der Waals surface area contributed by atoms with E-state index in [0.717, 1.165) is 12.8 Å². The molecule has 2 N–H and O–H groups in total. The Bertz CT molecular complexity index is 234. The average molecular weight is 152 g/mol. The topological polar surface area (TPSA) is 40.5 Å². The summed E-state index contributed by atoms with van der Waals surface area (Å²) < 4.78 is 0. The van der Waals surface area contributed by atoms with Crippen molar-refractivity contribution in [2.24, 2.45) is 5.41 Å². The zero-order chi connectivity index (χ0) is 7.90. The molecule has 2 nitrogen and oxygen atoms in total. The highest BCUT2D eigenvalue weighted by molar-refractivity contribution is 5.26. The molecule has 2 heteroatoms. The molecule has 0 aromatic carbocycles.